The van der Waals surface area contributed by atoms with Crippen LogP contribution in [0.2, 0.25) is 5.02 Å². The van der Waals surface area contributed by atoms with Crippen molar-refractivity contribution in [3.8, 4) is 0 Å². The summed E-state index contributed by atoms with van der Waals surface area (Å²) in [5, 5.41) is 0.419. The lowest BCUT2D eigenvalue weighted by Gasteiger charge is -2.08. The maximum atomic E-state index is 11.9. The van der Waals surface area contributed by atoms with Gasteiger partial charge in [-0.25, -0.2) is 4.79 Å². The average molecular weight is 333 g/mol. The first-order valence-corrected chi connectivity index (χ1v) is 6.93. The first-order chi connectivity index (χ1) is 11.0. The molecule has 0 radical (unpaired) electrons. The van der Waals surface area contributed by atoms with Crippen LogP contribution < -0.4 is 10.9 Å². The molecule has 7 heteroatoms. The molecule has 2 N–H and O–H groups in total. The Morgan fingerprint density at radius 2 is 1.43 bits per heavy atom. The van der Waals surface area contributed by atoms with Gasteiger partial charge in [0, 0.05) is 16.1 Å². The molecule has 6 nitrogen and oxygen atoms in total. The van der Waals surface area contributed by atoms with Crippen molar-refractivity contribution < 1.29 is 19.1 Å². The number of rotatable bonds is 3. The van der Waals surface area contributed by atoms with Crippen LogP contribution in [0, 0.1) is 0 Å². The summed E-state index contributed by atoms with van der Waals surface area (Å²) < 4.78 is 4.57. The Kier molecular flexibility index (Phi) is 5.32. The summed E-state index contributed by atoms with van der Waals surface area (Å²) in [6, 6.07) is 12.1. The molecule has 0 fully saturated rings. The Morgan fingerprint density at radius 1 is 0.870 bits per heavy atom. The molecule has 0 saturated carbocycles. The van der Waals surface area contributed by atoms with Crippen LogP contribution in [0.1, 0.15) is 31.1 Å². The molecule has 0 saturated heterocycles. The van der Waals surface area contributed by atoms with E-state index >= 15 is 0 Å². The predicted octanol–water partition coefficient (Wildman–Crippen LogP) is 2.20. The quantitative estimate of drug-likeness (QED) is 0.666. The van der Waals surface area contributed by atoms with E-state index in [1.54, 1.807) is 18.2 Å². The standard InChI is InChI=1S/C16H13ClN2O4/c1-23-16(22)11-7-5-10(6-8-11)14(20)18-19-15(21)12-3-2-4-13(17)9-12/h2-9H,1H3,(H,18,20)(H,19,21). The molecule has 0 aromatic heterocycles. The van der Waals surface area contributed by atoms with Gasteiger partial charge in [-0.2, -0.15) is 0 Å². The van der Waals surface area contributed by atoms with E-state index in [9.17, 15) is 14.4 Å². The van der Waals surface area contributed by atoms with Gasteiger partial charge in [0.1, 0.15) is 0 Å². The van der Waals surface area contributed by atoms with Crippen molar-refractivity contribution in [2.24, 2.45) is 0 Å². The molecule has 0 unspecified atom stereocenters. The molecule has 23 heavy (non-hydrogen) atoms. The zero-order valence-electron chi connectivity index (χ0n) is 12.1. The van der Waals surface area contributed by atoms with E-state index in [2.05, 4.69) is 15.6 Å². The lowest BCUT2D eigenvalue weighted by atomic mass is 10.1. The lowest BCUT2D eigenvalue weighted by molar-refractivity contribution is 0.0600. The fourth-order valence-electron chi connectivity index (χ4n) is 1.76. The highest BCUT2D eigenvalue weighted by molar-refractivity contribution is 6.30. The molecule has 0 aliphatic carbocycles. The van der Waals surface area contributed by atoms with Crippen molar-refractivity contribution in [1.82, 2.24) is 10.9 Å². The number of halogens is 1. The molecule has 0 spiro atoms. The van der Waals surface area contributed by atoms with E-state index in [0.29, 0.717) is 16.1 Å². The minimum Gasteiger partial charge on any atom is -0.465 e. The van der Waals surface area contributed by atoms with Crippen molar-refractivity contribution >= 4 is 29.4 Å². The van der Waals surface area contributed by atoms with Crippen LogP contribution in [-0.2, 0) is 4.74 Å². The number of carbonyl (C=O) groups is 3. The van der Waals surface area contributed by atoms with E-state index in [1.807, 2.05) is 0 Å². The summed E-state index contributed by atoms with van der Waals surface area (Å²) >= 11 is 5.79. The van der Waals surface area contributed by atoms with Gasteiger partial charge in [-0.3, -0.25) is 20.4 Å². The maximum absolute atomic E-state index is 11.9. The fraction of sp³-hybridized carbons (Fsp3) is 0.0625. The van der Waals surface area contributed by atoms with Gasteiger partial charge in [0.25, 0.3) is 11.8 Å². The van der Waals surface area contributed by atoms with Gasteiger partial charge in [-0.15, -0.1) is 0 Å². The minimum atomic E-state index is -0.517. The molecule has 118 valence electrons. The molecule has 0 atom stereocenters. The molecule has 2 aromatic rings. The lowest BCUT2D eigenvalue weighted by Crippen LogP contribution is -2.41. The molecule has 2 amide bonds. The molecule has 2 rings (SSSR count). The minimum absolute atomic E-state index is 0.282. The van der Waals surface area contributed by atoms with E-state index in [1.165, 1.54) is 37.4 Å². The van der Waals surface area contributed by atoms with Crippen molar-refractivity contribution in [2.75, 3.05) is 7.11 Å². The number of amides is 2. The second-order valence-corrected chi connectivity index (χ2v) is 4.92. The van der Waals surface area contributed by atoms with Crippen molar-refractivity contribution in [2.45, 2.75) is 0 Å². The van der Waals surface area contributed by atoms with Crippen LogP contribution in [-0.4, -0.2) is 24.9 Å². The molecular weight excluding hydrogens is 320 g/mol. The smallest absolute Gasteiger partial charge is 0.337 e. The Bertz CT molecular complexity index is 744. The molecule has 0 bridgehead atoms. The number of hydrogen-bond donors (Lipinski definition) is 2. The average Bonchev–Trinajstić information content (AvgIpc) is 2.58. The van der Waals surface area contributed by atoms with Gasteiger partial charge in [-0.05, 0) is 42.5 Å². The van der Waals surface area contributed by atoms with E-state index in [-0.39, 0.29) is 5.56 Å². The van der Waals surface area contributed by atoms with E-state index < -0.39 is 17.8 Å². The van der Waals surface area contributed by atoms with Gasteiger partial charge < -0.3 is 4.74 Å². The maximum Gasteiger partial charge on any atom is 0.337 e. The SMILES string of the molecule is COC(=O)c1ccc(C(=O)NNC(=O)c2cccc(Cl)c2)cc1. The predicted molar refractivity (Wildman–Crippen MR) is 84.2 cm³/mol. The monoisotopic (exact) mass is 332 g/mol. The third kappa shape index (κ3) is 4.31. The molecule has 2 aromatic carbocycles. The molecule has 0 aliphatic rings. The van der Waals surface area contributed by atoms with Crippen LogP contribution in [0.5, 0.6) is 0 Å². The van der Waals surface area contributed by atoms with Crippen LogP contribution in [0.3, 0.4) is 0 Å². The van der Waals surface area contributed by atoms with Crippen molar-refractivity contribution in [1.29, 1.82) is 0 Å². The van der Waals surface area contributed by atoms with Crippen LogP contribution in [0.4, 0.5) is 0 Å². The number of carbonyl (C=O) groups excluding carboxylic acids is 3. The Balaban J connectivity index is 1.97. The zero-order valence-corrected chi connectivity index (χ0v) is 12.9. The van der Waals surface area contributed by atoms with Crippen LogP contribution >= 0.6 is 11.6 Å². The summed E-state index contributed by atoms with van der Waals surface area (Å²) in [6.45, 7) is 0. The third-order valence-corrected chi connectivity index (χ3v) is 3.18. The van der Waals surface area contributed by atoms with Gasteiger partial charge >= 0.3 is 5.97 Å². The summed E-state index contributed by atoms with van der Waals surface area (Å²) in [5.74, 6) is -1.50. The number of hydrazine groups is 1. The number of benzene rings is 2. The normalized spacial score (nSPS) is 9.83. The van der Waals surface area contributed by atoms with E-state index in [4.69, 9.17) is 11.6 Å². The highest BCUT2D eigenvalue weighted by atomic mass is 35.5. The highest BCUT2D eigenvalue weighted by Gasteiger charge is 2.11. The Morgan fingerprint density at radius 3 is 2.00 bits per heavy atom. The third-order valence-electron chi connectivity index (χ3n) is 2.94. The first-order valence-electron chi connectivity index (χ1n) is 6.56. The van der Waals surface area contributed by atoms with E-state index in [0.717, 1.165) is 0 Å². The van der Waals surface area contributed by atoms with Gasteiger partial charge in [0.2, 0.25) is 0 Å². The summed E-state index contributed by atoms with van der Waals surface area (Å²) in [4.78, 5) is 35.1. The second-order valence-electron chi connectivity index (χ2n) is 4.49. The summed E-state index contributed by atoms with van der Waals surface area (Å²) in [6.07, 6.45) is 0. The van der Waals surface area contributed by atoms with Crippen LogP contribution in [0.25, 0.3) is 0 Å². The Labute approximate surface area is 137 Å². The van der Waals surface area contributed by atoms with Gasteiger partial charge in [-0.1, -0.05) is 17.7 Å². The molecular formula is C16H13ClN2O4. The zero-order chi connectivity index (χ0) is 16.8. The number of methoxy groups -OCH3 is 1. The summed E-state index contributed by atoms with van der Waals surface area (Å²) in [5.41, 5.74) is 5.49. The first kappa shape index (κ1) is 16.5. The second kappa shape index (κ2) is 7.42. The number of esters is 1. The van der Waals surface area contributed by atoms with Gasteiger partial charge in [0.05, 0.1) is 12.7 Å². The largest absolute Gasteiger partial charge is 0.465 e. The number of hydrogen-bond acceptors (Lipinski definition) is 4. The molecule has 0 aliphatic heterocycles. The summed E-state index contributed by atoms with van der Waals surface area (Å²) in [7, 11) is 1.27. The fourth-order valence-corrected chi connectivity index (χ4v) is 1.95. The van der Waals surface area contributed by atoms with Crippen molar-refractivity contribution in [3.05, 3.63) is 70.2 Å². The van der Waals surface area contributed by atoms with Gasteiger partial charge in [0.15, 0.2) is 0 Å². The van der Waals surface area contributed by atoms with Crippen LogP contribution in [0.15, 0.2) is 48.5 Å². The Hall–Kier alpha value is -2.86. The number of ether oxygens (including phenoxy) is 1. The van der Waals surface area contributed by atoms with Crippen molar-refractivity contribution in [3.63, 3.8) is 0 Å². The number of nitrogens with one attached hydrogen (secondary N) is 2. The highest BCUT2D eigenvalue weighted by Crippen LogP contribution is 2.10. The topological polar surface area (TPSA) is 84.5 Å². The molecule has 0 heterocycles.